The number of ether oxygens (including phenoxy) is 1. The molecule has 0 unspecified atom stereocenters. The van der Waals surface area contributed by atoms with Gasteiger partial charge in [-0.3, -0.25) is 4.72 Å². The molecular weight excluding hydrogens is 396 g/mol. The molecule has 3 aromatic carbocycles. The van der Waals surface area contributed by atoms with Crippen molar-refractivity contribution in [1.82, 2.24) is 0 Å². The number of hydrogen-bond acceptors (Lipinski definition) is 4. The van der Waals surface area contributed by atoms with Gasteiger partial charge in [-0.1, -0.05) is 49.7 Å². The fourth-order valence-electron chi connectivity index (χ4n) is 3.29. The van der Waals surface area contributed by atoms with Gasteiger partial charge in [0.1, 0.15) is 5.75 Å². The van der Waals surface area contributed by atoms with Crippen LogP contribution in [0.3, 0.4) is 0 Å². The molecule has 3 rings (SSSR count). The molecule has 0 saturated heterocycles. The molecule has 0 spiro atoms. The molecule has 0 atom stereocenters. The zero-order valence-corrected chi connectivity index (χ0v) is 17.9. The van der Waals surface area contributed by atoms with Gasteiger partial charge in [-0.15, -0.1) is 0 Å². The van der Waals surface area contributed by atoms with E-state index in [1.807, 2.05) is 36.4 Å². The maximum absolute atomic E-state index is 13.0. The normalized spacial score (nSPS) is 11.0. The molecule has 0 aliphatic rings. The number of methoxy groups -OCH3 is 1. The minimum absolute atomic E-state index is 0.0313. The molecule has 0 fully saturated rings. The molecule has 30 heavy (non-hydrogen) atoms. The number of nitriles is 1. The summed E-state index contributed by atoms with van der Waals surface area (Å²) >= 11 is 0. The molecule has 0 saturated carbocycles. The number of nitrogens with one attached hydrogen (secondary N) is 1. The summed E-state index contributed by atoms with van der Waals surface area (Å²) < 4.78 is 34.4. The number of anilines is 1. The van der Waals surface area contributed by atoms with E-state index in [9.17, 15) is 8.42 Å². The van der Waals surface area contributed by atoms with Crippen molar-refractivity contribution in [2.24, 2.45) is 0 Å². The standard InChI is InChI=1S/C24H24N2O3S/c1-3-4-10-20-15-21(19-11-6-5-7-12-19)16-23(24(20)29-2)26-30(27,28)22-13-8-9-18(14-22)17-25/h5-9,11-16,26H,3-4,10H2,1-2H3. The molecule has 3 aromatic rings. The predicted octanol–water partition coefficient (Wildman–Crippen LogP) is 5.38. The summed E-state index contributed by atoms with van der Waals surface area (Å²) in [6, 6.07) is 21.6. The summed E-state index contributed by atoms with van der Waals surface area (Å²) in [6.07, 6.45) is 2.75. The van der Waals surface area contributed by atoms with Crippen LogP contribution in [0.5, 0.6) is 5.75 Å². The maximum Gasteiger partial charge on any atom is 0.262 e. The average molecular weight is 421 g/mol. The Kier molecular flexibility index (Phi) is 6.76. The van der Waals surface area contributed by atoms with Crippen molar-refractivity contribution in [1.29, 1.82) is 5.26 Å². The molecule has 0 radical (unpaired) electrons. The van der Waals surface area contributed by atoms with Gasteiger partial charge in [0, 0.05) is 0 Å². The van der Waals surface area contributed by atoms with Gasteiger partial charge in [0.05, 0.1) is 29.3 Å². The van der Waals surface area contributed by atoms with E-state index in [1.54, 1.807) is 25.3 Å². The zero-order chi connectivity index (χ0) is 21.6. The predicted molar refractivity (Wildman–Crippen MR) is 119 cm³/mol. The van der Waals surface area contributed by atoms with Gasteiger partial charge >= 0.3 is 0 Å². The van der Waals surface area contributed by atoms with Crippen LogP contribution >= 0.6 is 0 Å². The molecule has 0 amide bonds. The van der Waals surface area contributed by atoms with E-state index in [-0.39, 0.29) is 10.5 Å². The number of benzene rings is 3. The lowest BCUT2D eigenvalue weighted by molar-refractivity contribution is 0.411. The summed E-state index contributed by atoms with van der Waals surface area (Å²) in [5.41, 5.74) is 3.51. The van der Waals surface area contributed by atoms with Crippen LogP contribution < -0.4 is 9.46 Å². The van der Waals surface area contributed by atoms with E-state index in [4.69, 9.17) is 10.00 Å². The molecule has 0 aliphatic heterocycles. The van der Waals surface area contributed by atoms with Crippen LogP contribution in [-0.4, -0.2) is 15.5 Å². The minimum atomic E-state index is -3.90. The number of aryl methyl sites for hydroxylation is 1. The fraction of sp³-hybridized carbons (Fsp3) is 0.208. The molecule has 0 aliphatic carbocycles. The Morgan fingerprint density at radius 3 is 2.43 bits per heavy atom. The van der Waals surface area contributed by atoms with Gasteiger partial charge in [-0.25, -0.2) is 8.42 Å². The van der Waals surface area contributed by atoms with Crippen molar-refractivity contribution in [3.05, 3.63) is 77.9 Å². The second kappa shape index (κ2) is 9.47. The first-order valence-corrected chi connectivity index (χ1v) is 11.3. The lowest BCUT2D eigenvalue weighted by Gasteiger charge is -2.18. The van der Waals surface area contributed by atoms with Gasteiger partial charge < -0.3 is 4.74 Å². The average Bonchev–Trinajstić information content (AvgIpc) is 2.77. The van der Waals surface area contributed by atoms with Gasteiger partial charge in [-0.2, -0.15) is 5.26 Å². The summed E-state index contributed by atoms with van der Waals surface area (Å²) in [4.78, 5) is 0.0313. The molecule has 154 valence electrons. The largest absolute Gasteiger partial charge is 0.494 e. The lowest BCUT2D eigenvalue weighted by atomic mass is 9.98. The lowest BCUT2D eigenvalue weighted by Crippen LogP contribution is -2.14. The van der Waals surface area contributed by atoms with Crippen LogP contribution in [0, 0.1) is 11.3 Å². The second-order valence-corrected chi connectivity index (χ2v) is 8.61. The first kappa shape index (κ1) is 21.4. The third kappa shape index (κ3) is 4.81. The SMILES string of the molecule is CCCCc1cc(-c2ccccc2)cc(NS(=O)(=O)c2cccc(C#N)c2)c1OC. The highest BCUT2D eigenvalue weighted by atomic mass is 32.2. The van der Waals surface area contributed by atoms with Crippen molar-refractivity contribution in [3.8, 4) is 22.9 Å². The first-order chi connectivity index (χ1) is 14.5. The summed E-state index contributed by atoms with van der Waals surface area (Å²) in [5, 5.41) is 9.10. The van der Waals surface area contributed by atoms with E-state index < -0.39 is 10.0 Å². The molecule has 5 nitrogen and oxygen atoms in total. The van der Waals surface area contributed by atoms with E-state index in [0.29, 0.717) is 11.4 Å². The van der Waals surface area contributed by atoms with Crippen molar-refractivity contribution in [2.45, 2.75) is 31.1 Å². The molecule has 0 heterocycles. The highest BCUT2D eigenvalue weighted by Crippen LogP contribution is 2.37. The fourth-order valence-corrected chi connectivity index (χ4v) is 4.39. The summed E-state index contributed by atoms with van der Waals surface area (Å²) in [5.74, 6) is 0.517. The number of hydrogen-bond donors (Lipinski definition) is 1. The Labute approximate surface area is 178 Å². The van der Waals surface area contributed by atoms with Crippen molar-refractivity contribution in [2.75, 3.05) is 11.8 Å². The monoisotopic (exact) mass is 420 g/mol. The molecule has 1 N–H and O–H groups in total. The van der Waals surface area contributed by atoms with Crippen LogP contribution in [0.4, 0.5) is 5.69 Å². The summed E-state index contributed by atoms with van der Waals surface area (Å²) in [6.45, 7) is 2.11. The molecule has 0 aromatic heterocycles. The Morgan fingerprint density at radius 2 is 1.77 bits per heavy atom. The van der Waals surface area contributed by atoms with E-state index in [2.05, 4.69) is 17.7 Å². The number of sulfonamides is 1. The van der Waals surface area contributed by atoms with E-state index in [0.717, 1.165) is 36.0 Å². The molecular formula is C24H24N2O3S. The smallest absolute Gasteiger partial charge is 0.262 e. The van der Waals surface area contributed by atoms with Crippen LogP contribution in [0.15, 0.2) is 71.6 Å². The topological polar surface area (TPSA) is 79.2 Å². The number of rotatable bonds is 8. The Balaban J connectivity index is 2.10. The number of nitrogens with zero attached hydrogens (tertiary/aromatic N) is 1. The van der Waals surface area contributed by atoms with Gasteiger partial charge in [0.15, 0.2) is 0 Å². The Hall–Kier alpha value is -3.30. The Morgan fingerprint density at radius 1 is 1.00 bits per heavy atom. The third-order valence-electron chi connectivity index (χ3n) is 4.79. The van der Waals surface area contributed by atoms with Crippen molar-refractivity contribution >= 4 is 15.7 Å². The number of unbranched alkanes of at least 4 members (excludes halogenated alkanes) is 1. The minimum Gasteiger partial charge on any atom is -0.494 e. The second-order valence-electron chi connectivity index (χ2n) is 6.93. The van der Waals surface area contributed by atoms with Crippen LogP contribution in [-0.2, 0) is 16.4 Å². The zero-order valence-electron chi connectivity index (χ0n) is 17.1. The van der Waals surface area contributed by atoms with Gasteiger partial charge in [0.2, 0.25) is 0 Å². The summed E-state index contributed by atoms with van der Waals surface area (Å²) in [7, 11) is -2.35. The quantitative estimate of drug-likeness (QED) is 0.531. The van der Waals surface area contributed by atoms with Crippen molar-refractivity contribution < 1.29 is 13.2 Å². The van der Waals surface area contributed by atoms with E-state index >= 15 is 0 Å². The molecule has 0 bridgehead atoms. The molecule has 6 heteroatoms. The first-order valence-electron chi connectivity index (χ1n) is 9.77. The Bertz CT molecular complexity index is 1170. The highest BCUT2D eigenvalue weighted by Gasteiger charge is 2.20. The maximum atomic E-state index is 13.0. The van der Waals surface area contributed by atoms with Gasteiger partial charge in [0.25, 0.3) is 10.0 Å². The van der Waals surface area contributed by atoms with Crippen LogP contribution in [0.25, 0.3) is 11.1 Å². The third-order valence-corrected chi connectivity index (χ3v) is 6.16. The van der Waals surface area contributed by atoms with Crippen LogP contribution in [0.2, 0.25) is 0 Å². The van der Waals surface area contributed by atoms with Gasteiger partial charge in [-0.05, 0) is 59.9 Å². The van der Waals surface area contributed by atoms with E-state index in [1.165, 1.54) is 12.1 Å². The van der Waals surface area contributed by atoms with Crippen LogP contribution in [0.1, 0.15) is 30.9 Å². The highest BCUT2D eigenvalue weighted by molar-refractivity contribution is 7.92. The van der Waals surface area contributed by atoms with Crippen molar-refractivity contribution in [3.63, 3.8) is 0 Å².